The van der Waals surface area contributed by atoms with Crippen molar-refractivity contribution in [1.82, 2.24) is 0 Å². The molecule has 3 N–H and O–H groups in total. The van der Waals surface area contributed by atoms with Gasteiger partial charge in [0.05, 0.1) is 13.0 Å². The van der Waals surface area contributed by atoms with Crippen molar-refractivity contribution in [2.45, 2.75) is 93.1 Å². The summed E-state index contributed by atoms with van der Waals surface area (Å²) in [4.78, 5) is 19.9. The molecule has 0 amide bonds. The minimum atomic E-state index is -0.559. The summed E-state index contributed by atoms with van der Waals surface area (Å²) < 4.78 is 0. The summed E-state index contributed by atoms with van der Waals surface area (Å²) in [7, 11) is 6.92. The molecule has 0 aliphatic carbocycles. The molecule has 0 aromatic heterocycles. The van der Waals surface area contributed by atoms with Crippen LogP contribution in [0, 0.1) is 5.92 Å². The van der Waals surface area contributed by atoms with Gasteiger partial charge in [-0.1, -0.05) is 61.3 Å². The summed E-state index contributed by atoms with van der Waals surface area (Å²) >= 11 is 0. The van der Waals surface area contributed by atoms with Crippen LogP contribution in [-0.4, -0.2) is 69.2 Å². The first-order chi connectivity index (χ1) is 12.6. The zero-order valence-corrected chi connectivity index (χ0v) is 23.4. The molecule has 29 heavy (non-hydrogen) atoms. The minimum absolute atomic E-state index is 0. The fourth-order valence-electron chi connectivity index (χ4n) is 0.877. The number of Topliss-reactive ketones (excluding diaryl/α,β-unsaturated/α-hetero) is 2. The van der Waals surface area contributed by atoms with Crippen molar-refractivity contribution in [2.24, 2.45) is 5.92 Å². The second kappa shape index (κ2) is 46.9. The van der Waals surface area contributed by atoms with E-state index in [1.807, 2.05) is 27.7 Å². The van der Waals surface area contributed by atoms with E-state index < -0.39 is 19.0 Å². The van der Waals surface area contributed by atoms with E-state index in [-0.39, 0.29) is 45.5 Å². The van der Waals surface area contributed by atoms with Gasteiger partial charge in [-0.3, -0.25) is 9.59 Å². The van der Waals surface area contributed by atoms with Crippen molar-refractivity contribution in [3.8, 4) is 0 Å². The van der Waals surface area contributed by atoms with Crippen LogP contribution in [0.2, 0.25) is 0 Å². The first kappa shape index (κ1) is 47.6. The Labute approximate surface area is 211 Å². The number of rotatable bonds is 8. The van der Waals surface area contributed by atoms with Gasteiger partial charge in [-0.15, -0.1) is 0 Å². The number of aliphatic hydroxyl groups is 3. The molecule has 0 rings (SSSR count). The Morgan fingerprint density at radius 1 is 0.897 bits per heavy atom. The van der Waals surface area contributed by atoms with Crippen LogP contribution in [0.25, 0.3) is 0 Å². The van der Waals surface area contributed by atoms with Gasteiger partial charge in [0.15, 0.2) is 5.78 Å². The van der Waals surface area contributed by atoms with Gasteiger partial charge < -0.3 is 16.7 Å². The van der Waals surface area contributed by atoms with Crippen LogP contribution in [0.1, 0.15) is 88.4 Å². The van der Waals surface area contributed by atoms with E-state index in [0.29, 0.717) is 18.6 Å². The van der Waals surface area contributed by atoms with Gasteiger partial charge in [-0.25, -0.2) is 0 Å². The molecule has 0 spiro atoms. The van der Waals surface area contributed by atoms with Gasteiger partial charge in [0, 0.05) is 29.0 Å². The van der Waals surface area contributed by atoms with Crippen molar-refractivity contribution in [3.05, 3.63) is 0 Å². The summed E-state index contributed by atoms with van der Waals surface area (Å²) in [6.45, 7) is 14.8. The molecule has 5 nitrogen and oxygen atoms in total. The van der Waals surface area contributed by atoms with E-state index in [4.69, 9.17) is 15.3 Å². The monoisotopic (exact) mass is 440 g/mol. The molecule has 0 aromatic rings. The number of hydrogen-bond donors (Lipinski definition) is 3. The Hall–Kier alpha value is 0.845. The maximum absolute atomic E-state index is 10.2. The number of ketones is 2. The molecule has 0 aliphatic heterocycles. The molecule has 0 fully saturated rings. The predicted octanol–water partition coefficient (Wildman–Crippen LogP) is -0.175. The molecule has 0 saturated carbocycles. The van der Waals surface area contributed by atoms with Crippen molar-refractivity contribution in [1.29, 1.82) is 0 Å². The zero-order chi connectivity index (χ0) is 22.7. The van der Waals surface area contributed by atoms with Gasteiger partial charge in [0.2, 0.25) is 0 Å². The quantitative estimate of drug-likeness (QED) is 0.360. The van der Waals surface area contributed by atoms with Crippen LogP contribution in [-0.2, 0) is 9.59 Å². The summed E-state index contributed by atoms with van der Waals surface area (Å²) in [6, 6.07) is 0. The first-order valence-electron chi connectivity index (χ1n) is 9.83. The van der Waals surface area contributed by atoms with Gasteiger partial charge in [0.1, 0.15) is 19.0 Å². The third kappa shape index (κ3) is 73.3. The Bertz CT molecular complexity index is 253. The number of carbonyl (C=O) groups excluding carboxylic acids is 2. The normalized spacial score (nSPS) is 8.03. The first-order valence-corrected chi connectivity index (χ1v) is 10.5. The molecule has 10 heteroatoms. The van der Waals surface area contributed by atoms with E-state index in [0.717, 1.165) is 18.8 Å². The molecule has 1 atom stereocenters. The summed E-state index contributed by atoms with van der Waals surface area (Å²) in [5.74, 6) is 0.731. The van der Waals surface area contributed by atoms with Gasteiger partial charge in [-0.05, 0) is 18.8 Å². The van der Waals surface area contributed by atoms with Crippen molar-refractivity contribution >= 4 is 43.7 Å². The number of carbonyl (C=O) groups is 2. The smallest absolute Gasteiger partial charge is 1.00 e. The summed E-state index contributed by atoms with van der Waals surface area (Å²) in [5, 5.41) is 24.3. The SMILES string of the molecule is CCC(=O)CC.CCC(C)CC.CCC(O)CC.O=C(CO)CO.[B].[B][B]P.[H-].[Na+]. The van der Waals surface area contributed by atoms with E-state index in [1.165, 1.54) is 19.7 Å². The average Bonchev–Trinajstić information content (AvgIpc) is 2.72. The second-order valence-corrected chi connectivity index (χ2v) is 6.07. The Kier molecular flexibility index (Phi) is 76.9. The average molecular weight is 440 g/mol. The molecule has 0 aliphatic rings. The van der Waals surface area contributed by atoms with Crippen LogP contribution < -0.4 is 29.6 Å². The fraction of sp³-hybridized carbons (Fsp3) is 0.895. The molecule has 1 unspecified atom stereocenters. The van der Waals surface area contributed by atoms with Crippen LogP contribution in [0.4, 0.5) is 0 Å². The summed E-state index contributed by atoms with van der Waals surface area (Å²) in [5.41, 5.74) is 0. The molecule has 166 valence electrons. The van der Waals surface area contributed by atoms with Crippen LogP contribution >= 0.6 is 9.12 Å². The van der Waals surface area contributed by atoms with Gasteiger partial charge >= 0.3 is 29.6 Å². The molecule has 0 aromatic carbocycles. The topological polar surface area (TPSA) is 94.8 Å². The maximum Gasteiger partial charge on any atom is 1.00 e. The molecular formula is C19H45B3NaO5P. The van der Waals surface area contributed by atoms with E-state index in [1.54, 1.807) is 0 Å². The van der Waals surface area contributed by atoms with Crippen molar-refractivity contribution < 1.29 is 55.9 Å². The van der Waals surface area contributed by atoms with Gasteiger partial charge in [-0.2, -0.15) is 9.12 Å². The third-order valence-electron chi connectivity index (χ3n) is 3.48. The molecular weight excluding hydrogens is 395 g/mol. The standard InChI is InChI=1S/C6H14.C5H12O.C5H10O.C3H6O3.B2H2P.B.Na.H/c1-4-6(3)5-2;2*1-3-5(6)4-2;4-1-3(6)2-5;1-2-3;;;/h6H,4-5H2,1-3H3;5-6H,3-4H2,1-2H3;3-4H2,1-2H3;4-5H,1-2H2;3H2;;;/q;;;;;;+1;-1. The van der Waals surface area contributed by atoms with Crippen molar-refractivity contribution in [3.63, 3.8) is 0 Å². The predicted molar refractivity (Wildman–Crippen MR) is 129 cm³/mol. The molecule has 0 saturated heterocycles. The Morgan fingerprint density at radius 3 is 1.17 bits per heavy atom. The molecule has 6 radical (unpaired) electrons. The van der Waals surface area contributed by atoms with Crippen molar-refractivity contribution in [2.75, 3.05) is 13.2 Å². The van der Waals surface area contributed by atoms with Gasteiger partial charge in [0.25, 0.3) is 0 Å². The third-order valence-corrected chi connectivity index (χ3v) is 3.48. The second-order valence-electron chi connectivity index (χ2n) is 5.69. The largest absolute Gasteiger partial charge is 1.00 e. The summed E-state index contributed by atoms with van der Waals surface area (Å²) in [6.07, 6.45) is 5.75. The number of aliphatic hydroxyl groups excluding tert-OH is 3. The number of hydrogen-bond acceptors (Lipinski definition) is 5. The minimum Gasteiger partial charge on any atom is -1.00 e. The van der Waals surface area contributed by atoms with E-state index >= 15 is 0 Å². The van der Waals surface area contributed by atoms with E-state index in [9.17, 15) is 9.59 Å². The van der Waals surface area contributed by atoms with Crippen LogP contribution in [0.3, 0.4) is 0 Å². The fourth-order valence-corrected chi connectivity index (χ4v) is 0.877. The molecule has 0 heterocycles. The zero-order valence-electron chi connectivity index (χ0n) is 21.3. The Morgan fingerprint density at radius 2 is 1.17 bits per heavy atom. The maximum atomic E-state index is 10.2. The Balaban J connectivity index is -0.0000000333. The van der Waals surface area contributed by atoms with Crippen LogP contribution in [0.15, 0.2) is 0 Å². The molecule has 0 bridgehead atoms. The van der Waals surface area contributed by atoms with E-state index in [2.05, 4.69) is 37.6 Å². The van der Waals surface area contributed by atoms with Crippen LogP contribution in [0.5, 0.6) is 0 Å².